The summed E-state index contributed by atoms with van der Waals surface area (Å²) in [6, 6.07) is 7.93. The van der Waals surface area contributed by atoms with Gasteiger partial charge in [0.2, 0.25) is 5.91 Å². The normalized spacial score (nSPS) is 18.6. The zero-order valence-electron chi connectivity index (χ0n) is 19.0. The summed E-state index contributed by atoms with van der Waals surface area (Å²) < 4.78 is 56.2. The van der Waals surface area contributed by atoms with Crippen LogP contribution in [-0.2, 0) is 15.8 Å². The average molecular weight is 475 g/mol. The van der Waals surface area contributed by atoms with E-state index >= 15 is 0 Å². The molecule has 2 aliphatic rings. The SMILES string of the molecule is COc1cc(OC)c(C2CC(=O)N(c3cccc(C(F)(F)F)c3)C3=C2C(=O)CCC3)cc1OC. The Bertz CT molecular complexity index is 1170. The van der Waals surface area contributed by atoms with Crippen LogP contribution in [0.15, 0.2) is 47.7 Å². The van der Waals surface area contributed by atoms with Gasteiger partial charge >= 0.3 is 6.18 Å². The predicted molar refractivity (Wildman–Crippen MR) is 118 cm³/mol. The molecule has 1 aliphatic heterocycles. The number of nitrogens with zero attached hydrogens (tertiary/aromatic N) is 1. The summed E-state index contributed by atoms with van der Waals surface area (Å²) in [5.74, 6) is 0.124. The second-order valence-corrected chi connectivity index (χ2v) is 8.12. The molecule has 0 aromatic heterocycles. The second-order valence-electron chi connectivity index (χ2n) is 8.12. The smallest absolute Gasteiger partial charge is 0.416 e. The molecule has 1 amide bonds. The lowest BCUT2D eigenvalue weighted by Gasteiger charge is -2.38. The van der Waals surface area contributed by atoms with Crippen LogP contribution in [0.4, 0.5) is 18.9 Å². The molecule has 1 aliphatic carbocycles. The maximum absolute atomic E-state index is 13.4. The quantitative estimate of drug-likeness (QED) is 0.591. The van der Waals surface area contributed by atoms with Gasteiger partial charge in [-0.1, -0.05) is 6.07 Å². The Morgan fingerprint density at radius 2 is 1.59 bits per heavy atom. The zero-order chi connectivity index (χ0) is 24.6. The van der Waals surface area contributed by atoms with E-state index in [-0.39, 0.29) is 17.9 Å². The van der Waals surface area contributed by atoms with E-state index in [9.17, 15) is 22.8 Å². The van der Waals surface area contributed by atoms with Gasteiger partial charge in [-0.15, -0.1) is 0 Å². The van der Waals surface area contributed by atoms with Crippen LogP contribution >= 0.6 is 0 Å². The Hall–Kier alpha value is -3.49. The van der Waals surface area contributed by atoms with Crippen molar-refractivity contribution < 1.29 is 37.0 Å². The Morgan fingerprint density at radius 1 is 0.912 bits per heavy atom. The van der Waals surface area contributed by atoms with E-state index in [1.807, 2.05) is 0 Å². The predicted octanol–water partition coefficient (Wildman–Crippen LogP) is 5.26. The molecular formula is C25H24F3NO5. The molecule has 9 heteroatoms. The molecule has 1 heterocycles. The summed E-state index contributed by atoms with van der Waals surface area (Å²) in [5.41, 5.74) is 0.688. The molecule has 0 N–H and O–H groups in total. The number of methoxy groups -OCH3 is 3. The van der Waals surface area contributed by atoms with E-state index in [0.29, 0.717) is 53.3 Å². The first kappa shape index (κ1) is 23.7. The van der Waals surface area contributed by atoms with Crippen LogP contribution < -0.4 is 19.1 Å². The van der Waals surface area contributed by atoms with Gasteiger partial charge in [-0.05, 0) is 37.1 Å². The molecular weight excluding hydrogens is 451 g/mol. The third-order valence-corrected chi connectivity index (χ3v) is 6.22. The number of anilines is 1. The van der Waals surface area contributed by atoms with Gasteiger partial charge in [-0.3, -0.25) is 14.5 Å². The fourth-order valence-corrected chi connectivity index (χ4v) is 4.70. The highest BCUT2D eigenvalue weighted by atomic mass is 19.4. The fraction of sp³-hybridized carbons (Fsp3) is 0.360. The van der Waals surface area contributed by atoms with Crippen LogP contribution in [0.5, 0.6) is 17.2 Å². The van der Waals surface area contributed by atoms with Gasteiger partial charge in [-0.25, -0.2) is 0 Å². The van der Waals surface area contributed by atoms with Crippen molar-refractivity contribution >= 4 is 17.4 Å². The molecule has 0 radical (unpaired) electrons. The van der Waals surface area contributed by atoms with Crippen molar-refractivity contribution in [3.05, 3.63) is 58.8 Å². The van der Waals surface area contributed by atoms with Crippen LogP contribution in [0.3, 0.4) is 0 Å². The molecule has 6 nitrogen and oxygen atoms in total. The van der Waals surface area contributed by atoms with Gasteiger partial charge in [0, 0.05) is 47.3 Å². The van der Waals surface area contributed by atoms with Crippen molar-refractivity contribution in [2.24, 2.45) is 0 Å². The van der Waals surface area contributed by atoms with Crippen LogP contribution in [-0.4, -0.2) is 33.0 Å². The molecule has 0 saturated heterocycles. The highest BCUT2D eigenvalue weighted by Gasteiger charge is 2.41. The Kier molecular flexibility index (Phi) is 6.29. The summed E-state index contributed by atoms with van der Waals surface area (Å²) in [4.78, 5) is 27.8. The highest BCUT2D eigenvalue weighted by molar-refractivity contribution is 6.07. The van der Waals surface area contributed by atoms with Crippen molar-refractivity contribution in [2.45, 2.75) is 37.8 Å². The number of allylic oxidation sites excluding steroid dienone is 2. The average Bonchev–Trinajstić information content (AvgIpc) is 2.82. The summed E-state index contributed by atoms with van der Waals surface area (Å²) in [7, 11) is 4.44. The lowest BCUT2D eigenvalue weighted by atomic mass is 9.76. The number of hydrogen-bond donors (Lipinski definition) is 0. The molecule has 0 spiro atoms. The molecule has 2 aromatic rings. The highest BCUT2D eigenvalue weighted by Crippen LogP contribution is 2.48. The third kappa shape index (κ3) is 4.10. The lowest BCUT2D eigenvalue weighted by molar-refractivity contribution is -0.137. The van der Waals surface area contributed by atoms with Gasteiger partial charge < -0.3 is 14.2 Å². The minimum atomic E-state index is -4.55. The summed E-state index contributed by atoms with van der Waals surface area (Å²) in [6.07, 6.45) is -3.45. The third-order valence-electron chi connectivity index (χ3n) is 6.22. The van der Waals surface area contributed by atoms with Crippen molar-refractivity contribution in [3.63, 3.8) is 0 Å². The van der Waals surface area contributed by atoms with E-state index in [1.54, 1.807) is 12.1 Å². The molecule has 2 aromatic carbocycles. The van der Waals surface area contributed by atoms with Crippen molar-refractivity contribution in [3.8, 4) is 17.2 Å². The molecule has 34 heavy (non-hydrogen) atoms. The number of rotatable bonds is 5. The number of ketones is 1. The first-order valence-electron chi connectivity index (χ1n) is 10.8. The van der Waals surface area contributed by atoms with E-state index in [0.717, 1.165) is 12.1 Å². The van der Waals surface area contributed by atoms with Crippen LogP contribution in [0.1, 0.15) is 42.7 Å². The topological polar surface area (TPSA) is 65.1 Å². The first-order valence-corrected chi connectivity index (χ1v) is 10.8. The van der Waals surface area contributed by atoms with Gasteiger partial charge in [-0.2, -0.15) is 13.2 Å². The number of hydrogen-bond acceptors (Lipinski definition) is 5. The zero-order valence-corrected chi connectivity index (χ0v) is 19.0. The number of Topliss-reactive ketones (excluding diaryl/α,β-unsaturated/α-hetero) is 1. The van der Waals surface area contributed by atoms with Crippen molar-refractivity contribution in [2.75, 3.05) is 26.2 Å². The largest absolute Gasteiger partial charge is 0.496 e. The number of carbonyl (C=O) groups is 2. The van der Waals surface area contributed by atoms with Crippen molar-refractivity contribution in [1.29, 1.82) is 0 Å². The fourth-order valence-electron chi connectivity index (χ4n) is 4.70. The minimum Gasteiger partial charge on any atom is -0.496 e. The maximum atomic E-state index is 13.4. The van der Waals surface area contributed by atoms with Crippen LogP contribution in [0.2, 0.25) is 0 Å². The van der Waals surface area contributed by atoms with Crippen molar-refractivity contribution in [1.82, 2.24) is 0 Å². The number of ether oxygens (including phenoxy) is 3. The molecule has 180 valence electrons. The molecule has 4 rings (SSSR count). The molecule has 0 fully saturated rings. The molecule has 0 saturated carbocycles. The van der Waals surface area contributed by atoms with Crippen LogP contribution in [0, 0.1) is 0 Å². The van der Waals surface area contributed by atoms with Gasteiger partial charge in [0.25, 0.3) is 0 Å². The van der Waals surface area contributed by atoms with E-state index in [2.05, 4.69) is 0 Å². The molecule has 0 bridgehead atoms. The van der Waals surface area contributed by atoms with E-state index in [4.69, 9.17) is 14.2 Å². The first-order chi connectivity index (χ1) is 16.2. The van der Waals surface area contributed by atoms with Gasteiger partial charge in [0.15, 0.2) is 17.3 Å². The lowest BCUT2D eigenvalue weighted by Crippen LogP contribution is -2.40. The number of alkyl halides is 3. The maximum Gasteiger partial charge on any atom is 0.416 e. The minimum absolute atomic E-state index is 0.0970. The monoisotopic (exact) mass is 475 g/mol. The molecule has 1 unspecified atom stereocenters. The standard InChI is InChI=1S/C25H24F3NO5/c1-32-20-13-22(34-3)21(33-2)11-16(20)17-12-23(31)29(18-8-5-9-19(30)24(17)18)15-7-4-6-14(10-15)25(26,27)28/h4,6-7,10-11,13,17H,5,8-9,12H2,1-3H3. The number of amides is 1. The summed E-state index contributed by atoms with van der Waals surface area (Å²) >= 11 is 0. The number of benzene rings is 2. The van der Waals surface area contributed by atoms with Crippen LogP contribution in [0.25, 0.3) is 0 Å². The van der Waals surface area contributed by atoms with Gasteiger partial charge in [0.05, 0.1) is 26.9 Å². The molecule has 1 atom stereocenters. The number of carbonyl (C=O) groups excluding carboxylic acids is 2. The summed E-state index contributed by atoms with van der Waals surface area (Å²) in [5, 5.41) is 0. The van der Waals surface area contributed by atoms with E-state index in [1.165, 1.54) is 38.4 Å². The Labute approximate surface area is 194 Å². The van der Waals surface area contributed by atoms with Gasteiger partial charge in [0.1, 0.15) is 5.75 Å². The Morgan fingerprint density at radius 3 is 2.24 bits per heavy atom. The Balaban J connectivity index is 1.89. The second kappa shape index (κ2) is 9.04. The van der Waals surface area contributed by atoms with E-state index < -0.39 is 23.6 Å². The number of halogens is 3. The summed E-state index contributed by atoms with van der Waals surface area (Å²) in [6.45, 7) is 0.